The highest BCUT2D eigenvalue weighted by Crippen LogP contribution is 2.43. The van der Waals surface area contributed by atoms with Crippen molar-refractivity contribution in [3.63, 3.8) is 0 Å². The number of likely N-dealkylation sites (N-methyl/N-ethyl adjacent to an activating group) is 1. The summed E-state index contributed by atoms with van der Waals surface area (Å²) in [6, 6.07) is -0.846. The zero-order valence-corrected chi connectivity index (χ0v) is 51.6. The third-order valence-electron chi connectivity index (χ3n) is 14.4. The number of phosphoric acid groups is 1. The van der Waals surface area contributed by atoms with E-state index in [1.165, 1.54) is 205 Å². The van der Waals surface area contributed by atoms with E-state index < -0.39 is 20.0 Å². The molecule has 0 aliphatic carbocycles. The molecular weight excluding hydrogens is 960 g/mol. The quantitative estimate of drug-likeness (QED) is 0.0243. The molecule has 3 atom stereocenters. The van der Waals surface area contributed by atoms with Gasteiger partial charge >= 0.3 is 7.82 Å². The summed E-state index contributed by atoms with van der Waals surface area (Å²) in [4.78, 5) is 23.3. The van der Waals surface area contributed by atoms with Crippen molar-refractivity contribution in [1.29, 1.82) is 0 Å². The number of hydrogen-bond acceptors (Lipinski definition) is 5. The van der Waals surface area contributed by atoms with Crippen LogP contribution in [0.25, 0.3) is 0 Å². The Bertz CT molecular complexity index is 1470. The second-order valence-electron chi connectivity index (χ2n) is 23.1. The van der Waals surface area contributed by atoms with Crippen LogP contribution in [0, 0.1) is 0 Å². The summed E-state index contributed by atoms with van der Waals surface area (Å²) in [6.07, 6.45) is 80.4. The predicted molar refractivity (Wildman–Crippen MR) is 332 cm³/mol. The van der Waals surface area contributed by atoms with Gasteiger partial charge in [-0.05, 0) is 64.2 Å². The van der Waals surface area contributed by atoms with Crippen LogP contribution in [0.5, 0.6) is 0 Å². The standard InChI is InChI=1S/C67H125N2O6P/c1-6-8-10-12-14-16-18-20-22-23-24-25-26-27-28-29-30-31-32-33-34-35-36-37-38-39-40-41-42-43-44-45-47-49-51-53-55-57-59-61-67(71)68-65(64-75-76(72,73)74-63-62-69(3,4)5)66(70)60-58-56-54-52-50-48-46-21-19-17-15-13-11-9-7-2/h8,10,14,16,20,22,24-25,27-28,58,60,65-66,70H,6-7,9,11-13,15,17-19,21,23,26,29-57,59,61-64H2,1-5H3,(H-,68,71,72,73)/p+1/b10-8-,16-14-,22-20-,25-24-,28-27-,60-58+. The molecule has 0 fully saturated rings. The minimum Gasteiger partial charge on any atom is -0.387 e. The van der Waals surface area contributed by atoms with E-state index in [0.29, 0.717) is 17.4 Å². The van der Waals surface area contributed by atoms with E-state index in [1.807, 2.05) is 27.2 Å². The van der Waals surface area contributed by atoms with Gasteiger partial charge in [-0.3, -0.25) is 13.8 Å². The number of unbranched alkanes of at least 4 members (excludes halogenated alkanes) is 36. The molecule has 0 rings (SSSR count). The van der Waals surface area contributed by atoms with Gasteiger partial charge < -0.3 is 19.8 Å². The molecule has 0 radical (unpaired) electrons. The van der Waals surface area contributed by atoms with Crippen molar-refractivity contribution in [1.82, 2.24) is 5.32 Å². The molecule has 0 saturated heterocycles. The number of amides is 1. The van der Waals surface area contributed by atoms with Gasteiger partial charge in [0, 0.05) is 6.42 Å². The normalized spacial score (nSPS) is 14.2. The SMILES string of the molecule is CC/C=C\C/C=C\C/C=C\C/C=C\C/C=C\CCCCCCCCCCCCCCCCCCCCCCCCCC(=O)NC(COP(=O)(O)OCC[N+](C)(C)C)C(O)/C=C/CCCCCCCCCCCCCCC. The smallest absolute Gasteiger partial charge is 0.387 e. The molecule has 0 aromatic heterocycles. The number of allylic oxidation sites excluding steroid dienone is 11. The Morgan fingerprint density at radius 2 is 0.789 bits per heavy atom. The number of carbonyl (C=O) groups excluding carboxylic acids is 1. The summed E-state index contributed by atoms with van der Waals surface area (Å²) in [7, 11) is 1.58. The van der Waals surface area contributed by atoms with Crippen LogP contribution >= 0.6 is 7.82 Å². The first-order valence-electron chi connectivity index (χ1n) is 32.3. The molecule has 1 amide bonds. The Labute approximate surface area is 472 Å². The molecule has 0 aliphatic heterocycles. The lowest BCUT2D eigenvalue weighted by Crippen LogP contribution is -2.45. The van der Waals surface area contributed by atoms with Crippen molar-refractivity contribution >= 4 is 13.7 Å². The fourth-order valence-electron chi connectivity index (χ4n) is 9.42. The van der Waals surface area contributed by atoms with E-state index in [0.717, 1.165) is 70.6 Å². The first-order chi connectivity index (χ1) is 37.0. The van der Waals surface area contributed by atoms with E-state index in [1.54, 1.807) is 6.08 Å². The van der Waals surface area contributed by atoms with E-state index in [4.69, 9.17) is 9.05 Å². The Morgan fingerprint density at radius 3 is 1.16 bits per heavy atom. The Kier molecular flexibility index (Phi) is 56.1. The van der Waals surface area contributed by atoms with Gasteiger partial charge in [0.15, 0.2) is 0 Å². The molecule has 0 spiro atoms. The first kappa shape index (κ1) is 73.9. The number of nitrogens with one attached hydrogen (secondary N) is 1. The van der Waals surface area contributed by atoms with E-state index in [9.17, 15) is 19.4 Å². The fourth-order valence-corrected chi connectivity index (χ4v) is 10.2. The van der Waals surface area contributed by atoms with Crippen LogP contribution in [0.4, 0.5) is 0 Å². The van der Waals surface area contributed by atoms with Crippen LogP contribution in [-0.4, -0.2) is 73.4 Å². The Hall–Kier alpha value is -2.06. The molecule has 3 unspecified atom stereocenters. The highest BCUT2D eigenvalue weighted by atomic mass is 31.2. The maximum absolute atomic E-state index is 13.0. The van der Waals surface area contributed by atoms with Crippen molar-refractivity contribution in [2.24, 2.45) is 0 Å². The van der Waals surface area contributed by atoms with Gasteiger partial charge in [0.05, 0.1) is 39.9 Å². The number of quaternary nitrogens is 1. The van der Waals surface area contributed by atoms with Gasteiger partial charge in [0.1, 0.15) is 13.2 Å². The third kappa shape index (κ3) is 59.6. The van der Waals surface area contributed by atoms with Crippen LogP contribution in [0.3, 0.4) is 0 Å². The Balaban J connectivity index is 3.93. The molecule has 0 aromatic rings. The molecule has 0 aromatic carbocycles. The van der Waals surface area contributed by atoms with Crippen molar-refractivity contribution in [2.45, 2.75) is 309 Å². The summed E-state index contributed by atoms with van der Waals surface area (Å²) in [6.45, 7) is 4.72. The summed E-state index contributed by atoms with van der Waals surface area (Å²) < 4.78 is 23.7. The molecule has 0 heterocycles. The maximum Gasteiger partial charge on any atom is 0.472 e. The van der Waals surface area contributed by atoms with Gasteiger partial charge in [-0.2, -0.15) is 0 Å². The van der Waals surface area contributed by atoms with Crippen molar-refractivity contribution in [2.75, 3.05) is 40.9 Å². The van der Waals surface area contributed by atoms with Crippen molar-refractivity contribution in [3.8, 4) is 0 Å². The average Bonchev–Trinajstić information content (AvgIpc) is 3.38. The number of nitrogens with zero attached hydrogens (tertiary/aromatic N) is 1. The maximum atomic E-state index is 13.0. The number of phosphoric ester groups is 1. The second-order valence-corrected chi connectivity index (χ2v) is 24.6. The van der Waals surface area contributed by atoms with Crippen LogP contribution in [-0.2, 0) is 18.4 Å². The summed E-state index contributed by atoms with van der Waals surface area (Å²) in [5.74, 6) is -0.173. The molecule has 0 aliphatic rings. The lowest BCUT2D eigenvalue weighted by molar-refractivity contribution is -0.870. The topological polar surface area (TPSA) is 105 Å². The van der Waals surface area contributed by atoms with E-state index in [2.05, 4.69) is 79.9 Å². The number of aliphatic hydroxyl groups is 1. The Morgan fingerprint density at radius 1 is 0.461 bits per heavy atom. The summed E-state index contributed by atoms with van der Waals surface area (Å²) in [5.41, 5.74) is 0. The molecule has 76 heavy (non-hydrogen) atoms. The van der Waals surface area contributed by atoms with Crippen LogP contribution in [0.1, 0.15) is 296 Å². The molecule has 444 valence electrons. The summed E-state index contributed by atoms with van der Waals surface area (Å²) >= 11 is 0. The molecule has 0 bridgehead atoms. The largest absolute Gasteiger partial charge is 0.472 e. The fraction of sp³-hybridized carbons (Fsp3) is 0.806. The molecule has 8 nitrogen and oxygen atoms in total. The highest BCUT2D eigenvalue weighted by Gasteiger charge is 2.28. The van der Waals surface area contributed by atoms with Gasteiger partial charge in [0.25, 0.3) is 0 Å². The van der Waals surface area contributed by atoms with E-state index in [-0.39, 0.29) is 19.1 Å². The summed E-state index contributed by atoms with van der Waals surface area (Å²) in [5, 5.41) is 13.9. The molecule has 9 heteroatoms. The van der Waals surface area contributed by atoms with Crippen molar-refractivity contribution < 1.29 is 32.9 Å². The van der Waals surface area contributed by atoms with Crippen LogP contribution < -0.4 is 5.32 Å². The van der Waals surface area contributed by atoms with E-state index >= 15 is 0 Å². The number of hydrogen-bond donors (Lipinski definition) is 3. The zero-order valence-electron chi connectivity index (χ0n) is 50.7. The van der Waals surface area contributed by atoms with Gasteiger partial charge in [-0.1, -0.05) is 299 Å². The minimum atomic E-state index is -4.35. The zero-order chi connectivity index (χ0) is 55.6. The highest BCUT2D eigenvalue weighted by molar-refractivity contribution is 7.47. The predicted octanol–water partition coefficient (Wildman–Crippen LogP) is 20.2. The molecule has 3 N–H and O–H groups in total. The average molecular weight is 1090 g/mol. The lowest BCUT2D eigenvalue weighted by Gasteiger charge is -2.25. The molecular formula is C67H126N2O6P+. The minimum absolute atomic E-state index is 0.0620. The van der Waals surface area contributed by atoms with Gasteiger partial charge in [-0.25, -0.2) is 4.57 Å². The third-order valence-corrected chi connectivity index (χ3v) is 15.4. The van der Waals surface area contributed by atoms with Gasteiger partial charge in [-0.15, -0.1) is 0 Å². The molecule has 0 saturated carbocycles. The van der Waals surface area contributed by atoms with Gasteiger partial charge in [0.2, 0.25) is 5.91 Å². The first-order valence-corrected chi connectivity index (χ1v) is 33.8. The second kappa shape index (κ2) is 57.6. The number of rotatable bonds is 59. The number of carbonyl (C=O) groups is 1. The monoisotopic (exact) mass is 1090 g/mol. The lowest BCUT2D eigenvalue weighted by atomic mass is 10.0. The number of aliphatic hydroxyl groups excluding tert-OH is 1. The van der Waals surface area contributed by atoms with Crippen LogP contribution in [0.2, 0.25) is 0 Å². The van der Waals surface area contributed by atoms with Crippen LogP contribution in [0.15, 0.2) is 72.9 Å². The van der Waals surface area contributed by atoms with Crippen molar-refractivity contribution in [3.05, 3.63) is 72.9 Å².